The summed E-state index contributed by atoms with van der Waals surface area (Å²) in [6.45, 7) is 3.74. The van der Waals surface area contributed by atoms with Crippen LogP contribution in [-0.2, 0) is 10.0 Å². The first-order chi connectivity index (χ1) is 11.8. The smallest absolute Gasteiger partial charge is 0.261 e. The lowest BCUT2D eigenvalue weighted by molar-refractivity contribution is 0.0993. The van der Waals surface area contributed by atoms with Gasteiger partial charge in [-0.15, -0.1) is 0 Å². The second kappa shape index (κ2) is 6.40. The normalized spacial score (nSPS) is 13.6. The summed E-state index contributed by atoms with van der Waals surface area (Å²) in [5, 5.41) is 0. The third-order valence-electron chi connectivity index (χ3n) is 3.96. The highest BCUT2D eigenvalue weighted by Crippen LogP contribution is 2.39. The van der Waals surface area contributed by atoms with Crippen molar-refractivity contribution in [1.82, 2.24) is 0 Å². The standard InChI is InChI=1S/C18H20N2O4S/c1-4-9-25(22,23)19-13-6-8-16-14(11-13)18(21)20(3)15-10-12(2)5-7-17(15)24-16/h5-8,10-11,19H,4,9H2,1-3H3. The van der Waals surface area contributed by atoms with Crippen molar-refractivity contribution in [3.8, 4) is 11.5 Å². The van der Waals surface area contributed by atoms with Gasteiger partial charge in [0.1, 0.15) is 5.75 Å². The molecule has 0 bridgehead atoms. The second-order valence-corrected chi connectivity index (χ2v) is 7.91. The highest BCUT2D eigenvalue weighted by atomic mass is 32.2. The van der Waals surface area contributed by atoms with Crippen molar-refractivity contribution < 1.29 is 17.9 Å². The number of nitrogens with zero attached hydrogens (tertiary/aromatic N) is 1. The number of carbonyl (C=O) groups excluding carboxylic acids is 1. The summed E-state index contributed by atoms with van der Waals surface area (Å²) in [4.78, 5) is 14.3. The third kappa shape index (κ3) is 3.46. The molecule has 6 nitrogen and oxygen atoms in total. The van der Waals surface area contributed by atoms with Gasteiger partial charge in [0, 0.05) is 12.7 Å². The number of nitrogens with one attached hydrogen (secondary N) is 1. The molecule has 0 unspecified atom stereocenters. The lowest BCUT2D eigenvalue weighted by Gasteiger charge is -2.17. The molecule has 2 aromatic rings. The summed E-state index contributed by atoms with van der Waals surface area (Å²) in [6, 6.07) is 10.3. The third-order valence-corrected chi connectivity index (χ3v) is 5.45. The molecule has 0 spiro atoms. The van der Waals surface area contributed by atoms with Gasteiger partial charge in [0.25, 0.3) is 5.91 Å². The first-order valence-electron chi connectivity index (χ1n) is 8.02. The maximum absolute atomic E-state index is 12.8. The summed E-state index contributed by atoms with van der Waals surface area (Å²) >= 11 is 0. The van der Waals surface area contributed by atoms with Crippen LogP contribution in [0.3, 0.4) is 0 Å². The van der Waals surface area contributed by atoms with Crippen LogP contribution in [0.2, 0.25) is 0 Å². The zero-order valence-electron chi connectivity index (χ0n) is 14.4. The van der Waals surface area contributed by atoms with Crippen molar-refractivity contribution in [2.75, 3.05) is 22.4 Å². The van der Waals surface area contributed by atoms with Gasteiger partial charge in [-0.25, -0.2) is 8.42 Å². The SMILES string of the molecule is CCCS(=O)(=O)Nc1ccc2c(c1)C(=O)N(C)c1cc(C)ccc1O2. The van der Waals surface area contributed by atoms with Gasteiger partial charge in [-0.1, -0.05) is 13.0 Å². The summed E-state index contributed by atoms with van der Waals surface area (Å²) < 4.78 is 32.3. The van der Waals surface area contributed by atoms with Crippen molar-refractivity contribution in [3.63, 3.8) is 0 Å². The Labute approximate surface area is 147 Å². The number of rotatable bonds is 4. The first kappa shape index (κ1) is 17.3. The molecular formula is C18H20N2O4S. The molecule has 1 heterocycles. The Kier molecular flexibility index (Phi) is 4.43. The second-order valence-electron chi connectivity index (χ2n) is 6.07. The van der Waals surface area contributed by atoms with Gasteiger partial charge in [-0.2, -0.15) is 0 Å². The molecule has 3 rings (SSSR count). The maximum Gasteiger partial charge on any atom is 0.261 e. The molecule has 1 N–H and O–H groups in total. The monoisotopic (exact) mass is 360 g/mol. The predicted octanol–water partition coefficient (Wildman–Crippen LogP) is 3.53. The Balaban J connectivity index is 2.02. The van der Waals surface area contributed by atoms with E-state index in [1.165, 1.54) is 11.0 Å². The largest absolute Gasteiger partial charge is 0.454 e. The first-order valence-corrected chi connectivity index (χ1v) is 9.67. The Morgan fingerprint density at radius 3 is 2.56 bits per heavy atom. The number of hydrogen-bond donors (Lipinski definition) is 1. The average molecular weight is 360 g/mol. The zero-order valence-corrected chi connectivity index (χ0v) is 15.2. The number of amides is 1. The van der Waals surface area contributed by atoms with Gasteiger partial charge in [-0.3, -0.25) is 9.52 Å². The molecule has 0 saturated carbocycles. The topological polar surface area (TPSA) is 75.7 Å². The van der Waals surface area contributed by atoms with Crippen molar-refractivity contribution >= 4 is 27.3 Å². The van der Waals surface area contributed by atoms with Crippen LogP contribution in [0, 0.1) is 6.92 Å². The van der Waals surface area contributed by atoms with E-state index in [2.05, 4.69) is 4.72 Å². The van der Waals surface area contributed by atoms with Crippen molar-refractivity contribution in [2.24, 2.45) is 0 Å². The van der Waals surface area contributed by atoms with Gasteiger partial charge in [0.15, 0.2) is 5.75 Å². The van der Waals surface area contributed by atoms with Crippen molar-refractivity contribution in [2.45, 2.75) is 20.3 Å². The van der Waals surface area contributed by atoms with E-state index in [4.69, 9.17) is 4.74 Å². The van der Waals surface area contributed by atoms with Gasteiger partial charge in [0.05, 0.1) is 17.0 Å². The summed E-state index contributed by atoms with van der Waals surface area (Å²) in [6.07, 6.45) is 0.514. The van der Waals surface area contributed by atoms with Crippen LogP contribution in [-0.4, -0.2) is 27.1 Å². The molecule has 1 amide bonds. The summed E-state index contributed by atoms with van der Waals surface area (Å²) in [5.74, 6) is 0.757. The molecule has 0 aromatic heterocycles. The fraction of sp³-hybridized carbons (Fsp3) is 0.278. The van der Waals surface area contributed by atoms with Crippen molar-refractivity contribution in [3.05, 3.63) is 47.5 Å². The number of ether oxygens (including phenoxy) is 1. The molecule has 0 saturated heterocycles. The lowest BCUT2D eigenvalue weighted by atomic mass is 10.1. The Hall–Kier alpha value is -2.54. The van der Waals surface area contributed by atoms with Crippen LogP contribution in [0.15, 0.2) is 36.4 Å². The Morgan fingerprint density at radius 1 is 1.12 bits per heavy atom. The highest BCUT2D eigenvalue weighted by Gasteiger charge is 2.26. The minimum Gasteiger partial charge on any atom is -0.454 e. The molecule has 132 valence electrons. The maximum atomic E-state index is 12.8. The molecule has 0 atom stereocenters. The van der Waals surface area contributed by atoms with Gasteiger partial charge >= 0.3 is 0 Å². The van der Waals surface area contributed by atoms with E-state index >= 15 is 0 Å². The predicted molar refractivity (Wildman–Crippen MR) is 98.1 cm³/mol. The van der Waals surface area contributed by atoms with E-state index in [9.17, 15) is 13.2 Å². The number of fused-ring (bicyclic) bond motifs is 2. The van der Waals surface area contributed by atoms with Crippen LogP contribution >= 0.6 is 0 Å². The van der Waals surface area contributed by atoms with Crippen molar-refractivity contribution in [1.29, 1.82) is 0 Å². The number of anilines is 2. The number of hydrogen-bond acceptors (Lipinski definition) is 4. The van der Waals surface area contributed by atoms with Crippen LogP contribution < -0.4 is 14.4 Å². The van der Waals surface area contributed by atoms with E-state index in [1.54, 1.807) is 26.1 Å². The average Bonchev–Trinajstić information content (AvgIpc) is 2.64. The Bertz CT molecular complexity index is 938. The minimum absolute atomic E-state index is 0.0269. The molecule has 25 heavy (non-hydrogen) atoms. The van der Waals surface area contributed by atoms with E-state index in [0.29, 0.717) is 34.9 Å². The molecule has 0 radical (unpaired) electrons. The molecule has 7 heteroatoms. The molecule has 1 aliphatic rings. The van der Waals surface area contributed by atoms with Crippen LogP contribution in [0.5, 0.6) is 11.5 Å². The highest BCUT2D eigenvalue weighted by molar-refractivity contribution is 7.92. The fourth-order valence-corrected chi connectivity index (χ4v) is 3.86. The number of benzene rings is 2. The van der Waals surface area contributed by atoms with E-state index in [1.807, 2.05) is 25.1 Å². The lowest BCUT2D eigenvalue weighted by Crippen LogP contribution is -2.25. The molecule has 2 aromatic carbocycles. The number of carbonyl (C=O) groups is 1. The quantitative estimate of drug-likeness (QED) is 0.905. The molecule has 1 aliphatic heterocycles. The molecule has 0 aliphatic carbocycles. The number of sulfonamides is 1. The van der Waals surface area contributed by atoms with Gasteiger partial charge < -0.3 is 9.64 Å². The zero-order chi connectivity index (χ0) is 18.2. The van der Waals surface area contributed by atoms with Gasteiger partial charge in [0.2, 0.25) is 10.0 Å². The Morgan fingerprint density at radius 2 is 1.84 bits per heavy atom. The summed E-state index contributed by atoms with van der Waals surface area (Å²) in [7, 11) is -1.75. The van der Waals surface area contributed by atoms with E-state index < -0.39 is 10.0 Å². The van der Waals surface area contributed by atoms with E-state index in [-0.39, 0.29) is 11.7 Å². The number of aryl methyl sites for hydroxylation is 1. The molecular weight excluding hydrogens is 340 g/mol. The van der Waals surface area contributed by atoms with Crippen LogP contribution in [0.25, 0.3) is 0 Å². The van der Waals surface area contributed by atoms with Crippen LogP contribution in [0.4, 0.5) is 11.4 Å². The fourth-order valence-electron chi connectivity index (χ4n) is 2.73. The van der Waals surface area contributed by atoms with Crippen LogP contribution in [0.1, 0.15) is 29.3 Å². The van der Waals surface area contributed by atoms with E-state index in [0.717, 1.165) is 5.56 Å². The minimum atomic E-state index is -3.43. The van der Waals surface area contributed by atoms with Gasteiger partial charge in [-0.05, 0) is 49.2 Å². The summed E-state index contributed by atoms with van der Waals surface area (Å²) in [5.41, 5.74) is 2.35. The molecule has 0 fully saturated rings.